The third-order valence-electron chi connectivity index (χ3n) is 3.98. The number of urea groups is 1. The van der Waals surface area contributed by atoms with Gasteiger partial charge in [0, 0.05) is 6.54 Å². The Morgan fingerprint density at radius 2 is 1.63 bits per heavy atom. The molecule has 5 nitrogen and oxygen atoms in total. The lowest BCUT2D eigenvalue weighted by atomic mass is 10.1. The van der Waals surface area contributed by atoms with Crippen molar-refractivity contribution in [2.75, 3.05) is 19.8 Å². The zero-order valence-corrected chi connectivity index (χ0v) is 15.8. The Morgan fingerprint density at radius 1 is 1.00 bits per heavy atom. The van der Waals surface area contributed by atoms with Crippen LogP contribution in [-0.2, 0) is 0 Å². The highest BCUT2D eigenvalue weighted by Gasteiger charge is 2.09. The van der Waals surface area contributed by atoms with Crippen LogP contribution in [0.2, 0.25) is 0 Å². The number of unbranched alkanes of at least 4 members (excludes halogenated alkanes) is 1. The predicted octanol–water partition coefficient (Wildman–Crippen LogP) is 4.44. The molecule has 0 aliphatic heterocycles. The monoisotopic (exact) mass is 374 g/mol. The molecule has 6 heteroatoms. The molecule has 2 aromatic carbocycles. The van der Waals surface area contributed by atoms with Crippen molar-refractivity contribution in [3.8, 4) is 11.5 Å². The molecule has 0 saturated carbocycles. The predicted molar refractivity (Wildman–Crippen MR) is 104 cm³/mol. The summed E-state index contributed by atoms with van der Waals surface area (Å²) in [5, 5.41) is 5.75. The number of carbonyl (C=O) groups excluding carboxylic acids is 1. The fourth-order valence-electron chi connectivity index (χ4n) is 2.50. The minimum absolute atomic E-state index is 0.0949. The van der Waals surface area contributed by atoms with Crippen LogP contribution >= 0.6 is 0 Å². The van der Waals surface area contributed by atoms with Gasteiger partial charge in [0.25, 0.3) is 0 Å². The number of benzene rings is 2. The molecule has 27 heavy (non-hydrogen) atoms. The van der Waals surface area contributed by atoms with Crippen LogP contribution in [0.3, 0.4) is 0 Å². The normalized spacial score (nSPS) is 11.5. The standard InChI is InChI=1S/C21H27FN2O3/c1-3-26-19-10-6-17(7-11-19)16(2)24-21(25)23-14-4-5-15-27-20-12-8-18(22)9-13-20/h6-13,16H,3-5,14-15H2,1-2H3,(H2,23,24,25). The number of carbonyl (C=O) groups is 1. The van der Waals surface area contributed by atoms with Crippen LogP contribution in [0.25, 0.3) is 0 Å². The van der Waals surface area contributed by atoms with E-state index in [1.165, 1.54) is 12.1 Å². The quantitative estimate of drug-likeness (QED) is 0.604. The van der Waals surface area contributed by atoms with Crippen molar-refractivity contribution in [3.63, 3.8) is 0 Å². The van der Waals surface area contributed by atoms with E-state index in [1.807, 2.05) is 38.1 Å². The summed E-state index contributed by atoms with van der Waals surface area (Å²) in [6, 6.07) is 13.3. The van der Waals surface area contributed by atoms with Crippen molar-refractivity contribution in [2.24, 2.45) is 0 Å². The summed E-state index contributed by atoms with van der Waals surface area (Å²) in [4.78, 5) is 12.0. The summed E-state index contributed by atoms with van der Waals surface area (Å²) < 4.78 is 23.7. The molecule has 0 heterocycles. The van der Waals surface area contributed by atoms with E-state index < -0.39 is 0 Å². The Bertz CT molecular complexity index is 690. The Balaban J connectivity index is 1.59. The number of ether oxygens (including phenoxy) is 2. The maximum Gasteiger partial charge on any atom is 0.315 e. The molecule has 1 unspecified atom stereocenters. The number of halogens is 1. The van der Waals surface area contributed by atoms with Crippen LogP contribution < -0.4 is 20.1 Å². The third-order valence-corrected chi connectivity index (χ3v) is 3.98. The van der Waals surface area contributed by atoms with Crippen LogP contribution in [-0.4, -0.2) is 25.8 Å². The van der Waals surface area contributed by atoms with E-state index in [2.05, 4.69) is 10.6 Å². The topological polar surface area (TPSA) is 59.6 Å². The maximum atomic E-state index is 12.8. The van der Waals surface area contributed by atoms with Crippen LogP contribution in [0.15, 0.2) is 48.5 Å². The van der Waals surface area contributed by atoms with Crippen molar-refractivity contribution in [2.45, 2.75) is 32.7 Å². The van der Waals surface area contributed by atoms with Crippen LogP contribution in [0.4, 0.5) is 9.18 Å². The van der Waals surface area contributed by atoms with Gasteiger partial charge in [-0.3, -0.25) is 0 Å². The van der Waals surface area contributed by atoms with Gasteiger partial charge < -0.3 is 20.1 Å². The van der Waals surface area contributed by atoms with Gasteiger partial charge in [-0.15, -0.1) is 0 Å². The summed E-state index contributed by atoms with van der Waals surface area (Å²) in [5.74, 6) is 1.18. The van der Waals surface area contributed by atoms with E-state index >= 15 is 0 Å². The molecule has 0 aromatic heterocycles. The van der Waals surface area contributed by atoms with E-state index in [4.69, 9.17) is 9.47 Å². The lowest BCUT2D eigenvalue weighted by Gasteiger charge is -2.15. The second-order valence-electron chi connectivity index (χ2n) is 6.13. The van der Waals surface area contributed by atoms with E-state index in [9.17, 15) is 9.18 Å². The minimum Gasteiger partial charge on any atom is -0.494 e. The molecule has 1 atom stereocenters. The van der Waals surface area contributed by atoms with Crippen molar-refractivity contribution >= 4 is 6.03 Å². The molecule has 0 fully saturated rings. The Hall–Kier alpha value is -2.76. The molecule has 146 valence electrons. The van der Waals surface area contributed by atoms with Gasteiger partial charge in [0.2, 0.25) is 0 Å². The maximum absolute atomic E-state index is 12.8. The minimum atomic E-state index is -0.281. The summed E-state index contributed by atoms with van der Waals surface area (Å²) in [5.41, 5.74) is 1.02. The van der Waals surface area contributed by atoms with Gasteiger partial charge in [0.1, 0.15) is 17.3 Å². The second kappa shape index (κ2) is 11.1. The highest BCUT2D eigenvalue weighted by molar-refractivity contribution is 5.74. The Morgan fingerprint density at radius 3 is 2.30 bits per heavy atom. The lowest BCUT2D eigenvalue weighted by Crippen LogP contribution is -2.37. The van der Waals surface area contributed by atoms with Gasteiger partial charge in [0.15, 0.2) is 0 Å². The van der Waals surface area contributed by atoms with Crippen molar-refractivity contribution < 1.29 is 18.7 Å². The first kappa shape index (κ1) is 20.6. The second-order valence-corrected chi connectivity index (χ2v) is 6.13. The van der Waals surface area contributed by atoms with Crippen LogP contribution in [0.5, 0.6) is 11.5 Å². The van der Waals surface area contributed by atoms with Gasteiger partial charge in [-0.25, -0.2) is 9.18 Å². The lowest BCUT2D eigenvalue weighted by molar-refractivity contribution is 0.237. The molecule has 0 aliphatic carbocycles. The number of nitrogens with one attached hydrogen (secondary N) is 2. The van der Waals surface area contributed by atoms with E-state index in [0.717, 1.165) is 24.2 Å². The third kappa shape index (κ3) is 7.56. The molecule has 0 aliphatic rings. The summed E-state index contributed by atoms with van der Waals surface area (Å²) in [6.45, 7) is 5.60. The molecule has 0 radical (unpaired) electrons. The highest BCUT2D eigenvalue weighted by atomic mass is 19.1. The first-order valence-electron chi connectivity index (χ1n) is 9.24. The molecule has 0 saturated heterocycles. The molecular formula is C21H27FN2O3. The molecule has 0 bridgehead atoms. The molecule has 2 rings (SSSR count). The molecule has 2 aromatic rings. The molecule has 0 spiro atoms. The summed E-state index contributed by atoms with van der Waals surface area (Å²) >= 11 is 0. The van der Waals surface area contributed by atoms with Gasteiger partial charge in [-0.05, 0) is 68.7 Å². The van der Waals surface area contributed by atoms with E-state index in [1.54, 1.807) is 12.1 Å². The largest absolute Gasteiger partial charge is 0.494 e. The fourth-order valence-corrected chi connectivity index (χ4v) is 2.50. The van der Waals surface area contributed by atoms with Crippen LogP contribution in [0.1, 0.15) is 38.3 Å². The molecule has 2 amide bonds. The summed E-state index contributed by atoms with van der Waals surface area (Å²) in [7, 11) is 0. The van der Waals surface area contributed by atoms with Gasteiger partial charge >= 0.3 is 6.03 Å². The van der Waals surface area contributed by atoms with Gasteiger partial charge in [-0.2, -0.15) is 0 Å². The smallest absolute Gasteiger partial charge is 0.315 e. The SMILES string of the molecule is CCOc1ccc(C(C)NC(=O)NCCCCOc2ccc(F)cc2)cc1. The number of hydrogen-bond acceptors (Lipinski definition) is 3. The van der Waals surface area contributed by atoms with Crippen molar-refractivity contribution in [3.05, 3.63) is 59.9 Å². The zero-order valence-electron chi connectivity index (χ0n) is 15.8. The average molecular weight is 374 g/mol. The van der Waals surface area contributed by atoms with Crippen molar-refractivity contribution in [1.82, 2.24) is 10.6 Å². The molecular weight excluding hydrogens is 347 g/mol. The number of amides is 2. The first-order chi connectivity index (χ1) is 13.1. The highest BCUT2D eigenvalue weighted by Crippen LogP contribution is 2.17. The van der Waals surface area contributed by atoms with E-state index in [0.29, 0.717) is 25.5 Å². The number of rotatable bonds is 10. The summed E-state index contributed by atoms with van der Waals surface area (Å²) in [6.07, 6.45) is 1.60. The first-order valence-corrected chi connectivity index (χ1v) is 9.24. The van der Waals surface area contributed by atoms with Gasteiger partial charge in [0.05, 0.1) is 19.3 Å². The fraction of sp³-hybridized carbons (Fsp3) is 0.381. The van der Waals surface area contributed by atoms with E-state index in [-0.39, 0.29) is 17.9 Å². The van der Waals surface area contributed by atoms with Gasteiger partial charge in [-0.1, -0.05) is 12.1 Å². The van der Waals surface area contributed by atoms with Crippen LogP contribution in [0, 0.1) is 5.82 Å². The Labute approximate surface area is 159 Å². The Kier molecular flexibility index (Phi) is 8.42. The molecule has 2 N–H and O–H groups in total. The zero-order chi connectivity index (χ0) is 19.5. The van der Waals surface area contributed by atoms with Crippen molar-refractivity contribution in [1.29, 1.82) is 0 Å². The average Bonchev–Trinajstić information content (AvgIpc) is 2.67. The number of hydrogen-bond donors (Lipinski definition) is 2.